The highest BCUT2D eigenvalue weighted by Gasteiger charge is 2.27. The Bertz CT molecular complexity index is 1080. The maximum absolute atomic E-state index is 11.9. The number of pyridine rings is 2. The number of carbonyl (C=O) groups is 1. The minimum atomic E-state index is 0.0130. The maximum Gasteiger partial charge on any atom is 0.219 e. The van der Waals surface area contributed by atoms with Crippen molar-refractivity contribution in [1.29, 1.82) is 5.26 Å². The van der Waals surface area contributed by atoms with Gasteiger partial charge in [0.15, 0.2) is 0 Å². The van der Waals surface area contributed by atoms with Crippen LogP contribution in [-0.4, -0.2) is 27.3 Å². The third-order valence-corrected chi connectivity index (χ3v) is 4.89. The molecule has 26 heavy (non-hydrogen) atoms. The summed E-state index contributed by atoms with van der Waals surface area (Å²) < 4.78 is 0. The molecule has 0 fully saturated rings. The Balaban J connectivity index is 2.05. The maximum atomic E-state index is 11.9. The smallest absolute Gasteiger partial charge is 0.219 e. The van der Waals surface area contributed by atoms with Crippen LogP contribution < -0.4 is 5.73 Å². The minimum absolute atomic E-state index is 0.0130. The lowest BCUT2D eigenvalue weighted by molar-refractivity contribution is -0.129. The average Bonchev–Trinajstić information content (AvgIpc) is 2.66. The van der Waals surface area contributed by atoms with Crippen molar-refractivity contribution >= 4 is 22.5 Å². The van der Waals surface area contributed by atoms with Crippen molar-refractivity contribution in [2.24, 2.45) is 0 Å². The van der Waals surface area contributed by atoms with Crippen molar-refractivity contribution in [3.05, 3.63) is 53.5 Å². The van der Waals surface area contributed by atoms with E-state index in [9.17, 15) is 10.1 Å². The lowest BCUT2D eigenvalue weighted by atomic mass is 9.89. The van der Waals surface area contributed by atoms with E-state index in [1.54, 1.807) is 24.2 Å². The number of nitrogen functional groups attached to an aromatic ring is 1. The second-order valence-corrected chi connectivity index (χ2v) is 6.38. The van der Waals surface area contributed by atoms with E-state index in [1.807, 2.05) is 24.3 Å². The van der Waals surface area contributed by atoms with Gasteiger partial charge in [-0.2, -0.15) is 5.26 Å². The van der Waals surface area contributed by atoms with Crippen LogP contribution in [0, 0.1) is 11.3 Å². The van der Waals surface area contributed by atoms with Gasteiger partial charge in [-0.05, 0) is 17.0 Å². The van der Waals surface area contributed by atoms with Crippen LogP contribution in [-0.2, 0) is 17.8 Å². The summed E-state index contributed by atoms with van der Waals surface area (Å²) in [6.45, 7) is 2.60. The Labute approximate surface area is 150 Å². The molecule has 0 radical (unpaired) electrons. The van der Waals surface area contributed by atoms with E-state index in [2.05, 4.69) is 16.0 Å². The number of aromatic nitrogens is 2. The number of hydrogen-bond acceptors (Lipinski definition) is 5. The number of rotatable bonds is 1. The van der Waals surface area contributed by atoms with Gasteiger partial charge in [-0.1, -0.05) is 18.2 Å². The average molecular weight is 343 g/mol. The Morgan fingerprint density at radius 2 is 2.19 bits per heavy atom. The minimum Gasteiger partial charge on any atom is -0.383 e. The van der Waals surface area contributed by atoms with Crippen molar-refractivity contribution in [1.82, 2.24) is 14.9 Å². The molecule has 6 heteroatoms. The zero-order valence-electron chi connectivity index (χ0n) is 14.4. The summed E-state index contributed by atoms with van der Waals surface area (Å²) in [6.07, 6.45) is 4.16. The van der Waals surface area contributed by atoms with Gasteiger partial charge in [-0.25, -0.2) is 4.98 Å². The molecule has 128 valence electrons. The monoisotopic (exact) mass is 343 g/mol. The van der Waals surface area contributed by atoms with Gasteiger partial charge in [0.2, 0.25) is 5.91 Å². The van der Waals surface area contributed by atoms with Gasteiger partial charge < -0.3 is 10.6 Å². The number of fused-ring (bicyclic) bond motifs is 2. The first-order valence-electron chi connectivity index (χ1n) is 8.40. The molecule has 1 aliphatic rings. The van der Waals surface area contributed by atoms with Crippen LogP contribution in [0.4, 0.5) is 5.82 Å². The van der Waals surface area contributed by atoms with E-state index in [-0.39, 0.29) is 11.7 Å². The van der Waals surface area contributed by atoms with Gasteiger partial charge in [0, 0.05) is 55.3 Å². The van der Waals surface area contributed by atoms with Crippen molar-refractivity contribution < 1.29 is 4.79 Å². The highest BCUT2D eigenvalue weighted by Crippen LogP contribution is 2.38. The number of amides is 1. The summed E-state index contributed by atoms with van der Waals surface area (Å²) in [4.78, 5) is 22.3. The van der Waals surface area contributed by atoms with E-state index < -0.39 is 0 Å². The fraction of sp³-hybridized carbons (Fsp3) is 0.200. The first-order valence-corrected chi connectivity index (χ1v) is 8.40. The Kier molecular flexibility index (Phi) is 3.77. The van der Waals surface area contributed by atoms with E-state index >= 15 is 0 Å². The molecule has 1 amide bonds. The molecule has 0 bridgehead atoms. The van der Waals surface area contributed by atoms with Crippen LogP contribution in [0.25, 0.3) is 21.9 Å². The van der Waals surface area contributed by atoms with E-state index in [0.29, 0.717) is 25.1 Å². The molecule has 2 aromatic heterocycles. The van der Waals surface area contributed by atoms with Gasteiger partial charge in [-0.3, -0.25) is 9.78 Å². The lowest BCUT2D eigenvalue weighted by Crippen LogP contribution is -2.35. The number of carbonyl (C=O) groups excluding carboxylic acids is 1. The second-order valence-electron chi connectivity index (χ2n) is 6.38. The number of nitriles is 1. The van der Waals surface area contributed by atoms with Crippen molar-refractivity contribution in [3.8, 4) is 17.2 Å². The molecule has 0 atom stereocenters. The number of nitrogens with two attached hydrogens (primary N) is 1. The summed E-state index contributed by atoms with van der Waals surface area (Å²) in [5.74, 6) is 0.252. The summed E-state index contributed by atoms with van der Waals surface area (Å²) in [5.41, 5.74) is 9.92. The topological polar surface area (TPSA) is 95.9 Å². The van der Waals surface area contributed by atoms with Crippen molar-refractivity contribution in [2.45, 2.75) is 19.9 Å². The van der Waals surface area contributed by atoms with Crippen LogP contribution in [0.15, 0.2) is 36.7 Å². The highest BCUT2D eigenvalue weighted by molar-refractivity contribution is 5.99. The number of anilines is 1. The highest BCUT2D eigenvalue weighted by atomic mass is 16.2. The first-order chi connectivity index (χ1) is 12.6. The first kappa shape index (κ1) is 16.0. The largest absolute Gasteiger partial charge is 0.383 e. The van der Waals surface area contributed by atoms with Crippen LogP contribution in [0.5, 0.6) is 0 Å². The third-order valence-electron chi connectivity index (χ3n) is 4.89. The SMILES string of the molecule is CC(=O)N1CCc2nc(N)c(C#N)c(-c3cccc4cnccc34)c2C1. The van der Waals surface area contributed by atoms with Gasteiger partial charge in [0.1, 0.15) is 17.5 Å². The normalized spacial score (nSPS) is 13.3. The number of benzene rings is 1. The summed E-state index contributed by atoms with van der Waals surface area (Å²) in [5, 5.41) is 11.7. The molecule has 0 aliphatic carbocycles. The Morgan fingerprint density at radius 1 is 1.35 bits per heavy atom. The van der Waals surface area contributed by atoms with Gasteiger partial charge in [0.05, 0.1) is 5.69 Å². The van der Waals surface area contributed by atoms with E-state index in [0.717, 1.165) is 33.2 Å². The van der Waals surface area contributed by atoms with Gasteiger partial charge in [0.25, 0.3) is 0 Å². The van der Waals surface area contributed by atoms with Crippen LogP contribution in [0.2, 0.25) is 0 Å². The number of hydrogen-bond donors (Lipinski definition) is 1. The molecule has 3 aromatic rings. The molecular formula is C20H17N5O. The standard InChI is InChI=1S/C20H17N5O/c1-12(26)25-8-6-18-17(11-25)19(16(9-21)20(22)24-18)15-4-2-3-13-10-23-7-5-14(13)15/h2-5,7,10H,6,8,11H2,1H3,(H2,22,24). The molecule has 4 rings (SSSR count). The predicted molar refractivity (Wildman–Crippen MR) is 98.9 cm³/mol. The summed E-state index contributed by atoms with van der Waals surface area (Å²) >= 11 is 0. The zero-order valence-corrected chi connectivity index (χ0v) is 14.4. The molecule has 0 unspecified atom stereocenters. The van der Waals surface area contributed by atoms with E-state index in [4.69, 9.17) is 5.73 Å². The third kappa shape index (κ3) is 2.45. The molecule has 0 saturated carbocycles. The molecule has 2 N–H and O–H groups in total. The predicted octanol–water partition coefficient (Wildman–Crippen LogP) is 2.66. The summed E-state index contributed by atoms with van der Waals surface area (Å²) in [7, 11) is 0. The van der Waals surface area contributed by atoms with Crippen LogP contribution >= 0.6 is 0 Å². The quantitative estimate of drug-likeness (QED) is 0.733. The molecule has 1 aliphatic heterocycles. The lowest BCUT2D eigenvalue weighted by Gasteiger charge is -2.30. The fourth-order valence-corrected chi connectivity index (χ4v) is 3.60. The molecule has 0 saturated heterocycles. The zero-order chi connectivity index (χ0) is 18.3. The molecule has 0 spiro atoms. The molecule has 3 heterocycles. The van der Waals surface area contributed by atoms with Crippen LogP contribution in [0.3, 0.4) is 0 Å². The molecular weight excluding hydrogens is 326 g/mol. The fourth-order valence-electron chi connectivity index (χ4n) is 3.60. The Hall–Kier alpha value is -3.46. The molecule has 1 aromatic carbocycles. The van der Waals surface area contributed by atoms with Gasteiger partial charge in [-0.15, -0.1) is 0 Å². The van der Waals surface area contributed by atoms with Crippen LogP contribution in [0.1, 0.15) is 23.7 Å². The van der Waals surface area contributed by atoms with E-state index in [1.165, 1.54) is 0 Å². The van der Waals surface area contributed by atoms with Crippen molar-refractivity contribution in [3.63, 3.8) is 0 Å². The summed E-state index contributed by atoms with van der Waals surface area (Å²) in [6, 6.07) is 10.0. The Morgan fingerprint density at radius 3 is 2.96 bits per heavy atom. The van der Waals surface area contributed by atoms with Crippen molar-refractivity contribution in [2.75, 3.05) is 12.3 Å². The second kappa shape index (κ2) is 6.12. The number of nitrogens with zero attached hydrogens (tertiary/aromatic N) is 4. The van der Waals surface area contributed by atoms with Gasteiger partial charge >= 0.3 is 0 Å². The molecule has 6 nitrogen and oxygen atoms in total.